The summed E-state index contributed by atoms with van der Waals surface area (Å²) in [5.74, 6) is -1.76. The monoisotopic (exact) mass is 551 g/mol. The molecule has 0 unspecified atom stereocenters. The van der Waals surface area contributed by atoms with E-state index in [9.17, 15) is 22.4 Å². The Morgan fingerprint density at radius 3 is 2.74 bits per heavy atom. The van der Waals surface area contributed by atoms with Gasteiger partial charge in [0, 0.05) is 30.6 Å². The number of carbonyl (C=O) groups excluding carboxylic acids is 2. The summed E-state index contributed by atoms with van der Waals surface area (Å²) < 4.78 is 37.8. The van der Waals surface area contributed by atoms with E-state index in [4.69, 9.17) is 5.26 Å². The molecule has 1 saturated heterocycles. The van der Waals surface area contributed by atoms with E-state index >= 15 is 0 Å². The van der Waals surface area contributed by atoms with E-state index in [1.54, 1.807) is 0 Å². The van der Waals surface area contributed by atoms with Gasteiger partial charge >= 0.3 is 0 Å². The molecule has 1 fully saturated rings. The van der Waals surface area contributed by atoms with E-state index < -0.39 is 33.6 Å². The maximum atomic E-state index is 13.3. The molecule has 0 aliphatic carbocycles. The van der Waals surface area contributed by atoms with Crippen LogP contribution in [0.4, 0.5) is 15.9 Å². The van der Waals surface area contributed by atoms with Gasteiger partial charge in [0.1, 0.15) is 23.6 Å². The van der Waals surface area contributed by atoms with E-state index in [-0.39, 0.29) is 23.2 Å². The number of sulfone groups is 1. The number of halogens is 1. The van der Waals surface area contributed by atoms with Crippen molar-refractivity contribution in [1.29, 1.82) is 5.26 Å². The topological polar surface area (TPSA) is 150 Å². The van der Waals surface area contributed by atoms with Gasteiger partial charge in [-0.1, -0.05) is 12.1 Å². The summed E-state index contributed by atoms with van der Waals surface area (Å²) in [7, 11) is -3.62. The molecule has 202 valence electrons. The van der Waals surface area contributed by atoms with Crippen LogP contribution in [-0.2, 0) is 27.5 Å². The third-order valence-corrected chi connectivity index (χ3v) is 7.39. The Balaban J connectivity index is 1.38. The molecular weight excluding hydrogens is 525 g/mol. The normalized spacial score (nSPS) is 17.1. The molecule has 2 N–H and O–H groups in total. The minimum absolute atomic E-state index is 0.0141. The molecule has 1 aromatic carbocycles. The number of alkyl halides is 1. The minimum Gasteiger partial charge on any atom is -0.366 e. The number of fused-ring (bicyclic) bond motifs is 1. The number of aryl methyl sites for hydroxylation is 1. The zero-order valence-corrected chi connectivity index (χ0v) is 21.9. The molecule has 11 nitrogen and oxygen atoms in total. The van der Waals surface area contributed by atoms with Gasteiger partial charge in [0.2, 0.25) is 5.91 Å². The second-order valence-corrected chi connectivity index (χ2v) is 11.9. The van der Waals surface area contributed by atoms with Crippen molar-refractivity contribution in [3.05, 3.63) is 65.0 Å². The number of anilines is 2. The molecule has 5 rings (SSSR count). The van der Waals surface area contributed by atoms with Crippen LogP contribution < -0.4 is 15.5 Å². The molecule has 4 heterocycles. The molecule has 0 saturated carbocycles. The summed E-state index contributed by atoms with van der Waals surface area (Å²) in [6.07, 6.45) is 3.17. The number of nitrogens with zero attached hydrogens (tertiary/aromatic N) is 5. The van der Waals surface area contributed by atoms with E-state index in [2.05, 4.69) is 20.7 Å². The van der Waals surface area contributed by atoms with Crippen molar-refractivity contribution in [2.45, 2.75) is 31.5 Å². The zero-order chi connectivity index (χ0) is 27.7. The van der Waals surface area contributed by atoms with Crippen molar-refractivity contribution in [3.63, 3.8) is 0 Å². The van der Waals surface area contributed by atoms with Crippen molar-refractivity contribution in [2.24, 2.45) is 0 Å². The second-order valence-electron chi connectivity index (χ2n) is 9.80. The number of hydrogen-bond donors (Lipinski definition) is 2. The number of carbonyl (C=O) groups is 2. The van der Waals surface area contributed by atoms with Crippen molar-refractivity contribution in [1.82, 2.24) is 20.1 Å². The van der Waals surface area contributed by atoms with E-state index in [1.807, 2.05) is 35.2 Å². The molecule has 39 heavy (non-hydrogen) atoms. The van der Waals surface area contributed by atoms with Crippen LogP contribution in [0.15, 0.2) is 42.6 Å². The highest BCUT2D eigenvalue weighted by molar-refractivity contribution is 7.91. The number of aromatic nitrogens is 3. The highest BCUT2D eigenvalue weighted by Gasteiger charge is 2.33. The number of nitrogens with one attached hydrogen (secondary N) is 2. The van der Waals surface area contributed by atoms with Crippen molar-refractivity contribution >= 4 is 33.2 Å². The number of amides is 2. The fourth-order valence-corrected chi connectivity index (χ4v) is 5.26. The molecule has 0 radical (unpaired) electrons. The summed E-state index contributed by atoms with van der Waals surface area (Å²) in [6, 6.07) is 12.7. The molecule has 0 bridgehead atoms. The van der Waals surface area contributed by atoms with Crippen LogP contribution in [0.25, 0.3) is 5.82 Å². The molecular formula is C26H26FN7O4S. The summed E-state index contributed by atoms with van der Waals surface area (Å²) in [4.78, 5) is 31.9. The minimum atomic E-state index is -3.62. The number of nitriles is 1. The van der Waals surface area contributed by atoms with Crippen LogP contribution in [-0.4, -0.2) is 72.3 Å². The third-order valence-electron chi connectivity index (χ3n) is 6.60. The Hall–Kier alpha value is -4.31. The first-order valence-electron chi connectivity index (χ1n) is 12.3. The fraction of sp³-hybridized carbons (Fsp3) is 0.346. The van der Waals surface area contributed by atoms with Gasteiger partial charge in [-0.2, -0.15) is 15.0 Å². The highest BCUT2D eigenvalue weighted by Crippen LogP contribution is 2.29. The lowest BCUT2D eigenvalue weighted by Gasteiger charge is -2.36. The predicted molar refractivity (Wildman–Crippen MR) is 141 cm³/mol. The Kier molecular flexibility index (Phi) is 7.05. The van der Waals surface area contributed by atoms with Gasteiger partial charge in [0.25, 0.3) is 5.91 Å². The average molecular weight is 552 g/mol. The quantitative estimate of drug-likeness (QED) is 0.428. The molecule has 1 atom stereocenters. The maximum absolute atomic E-state index is 13.3. The first-order chi connectivity index (χ1) is 18.6. The van der Waals surface area contributed by atoms with Crippen LogP contribution in [0.1, 0.15) is 33.6 Å². The molecule has 13 heteroatoms. The number of hydrogen-bond acceptors (Lipinski definition) is 8. The molecule has 0 spiro atoms. The Bertz CT molecular complexity index is 1570. The zero-order valence-electron chi connectivity index (χ0n) is 21.1. The lowest BCUT2D eigenvalue weighted by Crippen LogP contribution is -2.48. The van der Waals surface area contributed by atoms with E-state index in [0.29, 0.717) is 43.6 Å². The Morgan fingerprint density at radius 2 is 2.08 bits per heavy atom. The number of pyridine rings is 1. The predicted octanol–water partition coefficient (Wildman–Crippen LogP) is 1.57. The van der Waals surface area contributed by atoms with Crippen molar-refractivity contribution < 1.29 is 22.4 Å². The standard InChI is InChI=1S/C26H26FN7O4S/c1-39(37,38)15-23(35)31-25-24-21(32-34(25)22-8-6-17(11-28)12-29-22)10-19(30-26(24)36)7-5-16-3-2-4-20(9-16)33-13-18(27)14-33/h2-4,6,8-9,12,18-19H,5,7,10,13-15H2,1H3,(H,30,36)(H,31,35)/t19-/m0/s1. The molecule has 2 aromatic heterocycles. The molecule has 2 aliphatic rings. The first kappa shape index (κ1) is 26.3. The van der Waals surface area contributed by atoms with E-state index in [1.165, 1.54) is 23.0 Å². The van der Waals surface area contributed by atoms with Gasteiger partial charge in [0.05, 0.1) is 24.3 Å². The fourth-order valence-electron chi connectivity index (χ4n) is 4.71. The highest BCUT2D eigenvalue weighted by atomic mass is 32.2. The maximum Gasteiger partial charge on any atom is 0.257 e. The summed E-state index contributed by atoms with van der Waals surface area (Å²) in [5, 5.41) is 19.1. The molecule has 3 aromatic rings. The van der Waals surface area contributed by atoms with Crippen molar-refractivity contribution in [3.8, 4) is 11.9 Å². The van der Waals surface area contributed by atoms with Gasteiger partial charge in [-0.15, -0.1) is 0 Å². The smallest absolute Gasteiger partial charge is 0.257 e. The van der Waals surface area contributed by atoms with Gasteiger partial charge in [-0.3, -0.25) is 9.59 Å². The van der Waals surface area contributed by atoms with Crippen LogP contribution >= 0.6 is 0 Å². The molecule has 2 amide bonds. The van der Waals surface area contributed by atoms with Crippen LogP contribution in [0.5, 0.6) is 0 Å². The summed E-state index contributed by atoms with van der Waals surface area (Å²) in [6.45, 7) is 0.787. The van der Waals surface area contributed by atoms with Crippen molar-refractivity contribution in [2.75, 3.05) is 35.3 Å². The molecule has 2 aliphatic heterocycles. The number of rotatable bonds is 8. The lowest BCUT2D eigenvalue weighted by atomic mass is 9.96. The van der Waals surface area contributed by atoms with E-state index in [0.717, 1.165) is 17.5 Å². The Labute approximate surface area is 224 Å². The number of benzene rings is 1. The first-order valence-corrected chi connectivity index (χ1v) is 14.4. The van der Waals surface area contributed by atoms with Gasteiger partial charge in [-0.05, 0) is 42.7 Å². The Morgan fingerprint density at radius 1 is 1.28 bits per heavy atom. The van der Waals surface area contributed by atoms with Gasteiger partial charge in [0.15, 0.2) is 21.5 Å². The summed E-state index contributed by atoms with van der Waals surface area (Å²) >= 11 is 0. The SMILES string of the molecule is CS(=O)(=O)CC(=O)Nc1c2c(nn1-c1ccc(C#N)cn1)C[C@H](CCc1cccc(N3CC(F)C3)c1)NC2=O. The second kappa shape index (κ2) is 10.5. The van der Waals surface area contributed by atoms with Gasteiger partial charge in [-0.25, -0.2) is 17.8 Å². The third kappa shape index (κ3) is 5.91. The van der Waals surface area contributed by atoms with Crippen LogP contribution in [0.3, 0.4) is 0 Å². The largest absolute Gasteiger partial charge is 0.366 e. The van der Waals surface area contributed by atoms with Crippen LogP contribution in [0, 0.1) is 11.3 Å². The lowest BCUT2D eigenvalue weighted by molar-refractivity contribution is -0.113. The average Bonchev–Trinajstić information content (AvgIpc) is 3.23. The van der Waals surface area contributed by atoms with Gasteiger partial charge < -0.3 is 15.5 Å². The summed E-state index contributed by atoms with van der Waals surface area (Å²) in [5.41, 5.74) is 2.93. The van der Waals surface area contributed by atoms with Crippen LogP contribution in [0.2, 0.25) is 0 Å².